The highest BCUT2D eigenvalue weighted by atomic mass is 32.2. The summed E-state index contributed by atoms with van der Waals surface area (Å²) in [6.07, 6.45) is 2.46. The Hall–Kier alpha value is -2.08. The van der Waals surface area contributed by atoms with Crippen molar-refractivity contribution in [1.29, 1.82) is 0 Å². The average molecular weight is 381 g/mol. The van der Waals surface area contributed by atoms with Crippen molar-refractivity contribution in [2.24, 2.45) is 0 Å². The highest BCUT2D eigenvalue weighted by Gasteiger charge is 2.25. The number of ether oxygens (including phenoxy) is 2. The van der Waals surface area contributed by atoms with Crippen molar-refractivity contribution in [2.75, 3.05) is 14.2 Å². The van der Waals surface area contributed by atoms with Crippen LogP contribution in [0.1, 0.15) is 36.0 Å². The third-order valence-corrected chi connectivity index (χ3v) is 6.07. The Bertz CT molecular complexity index is 808. The van der Waals surface area contributed by atoms with Gasteiger partial charge in [0.2, 0.25) is 10.0 Å². The maximum Gasteiger partial charge on any atom is 0.305 e. The fourth-order valence-corrected chi connectivity index (χ4v) is 4.58. The maximum atomic E-state index is 13.0. The first-order chi connectivity index (χ1) is 12.2. The van der Waals surface area contributed by atoms with Crippen molar-refractivity contribution in [3.63, 3.8) is 0 Å². The molecule has 0 aliphatic carbocycles. The smallest absolute Gasteiger partial charge is 0.305 e. The molecule has 0 amide bonds. The van der Waals surface area contributed by atoms with Crippen LogP contribution in [0, 0.1) is 20.8 Å². The van der Waals surface area contributed by atoms with Gasteiger partial charge in [0.05, 0.1) is 19.1 Å². The van der Waals surface area contributed by atoms with Gasteiger partial charge in [-0.05, 0) is 62.4 Å². The number of nitrogens with one attached hydrogen (secondary N) is 1. The number of benzene rings is 1. The second kappa shape index (κ2) is 9.57. The van der Waals surface area contributed by atoms with Gasteiger partial charge in [-0.15, -0.1) is 5.73 Å². The molecule has 1 aromatic carbocycles. The minimum absolute atomic E-state index is 0.119. The second-order valence-electron chi connectivity index (χ2n) is 6.05. The molecular formula is C19H27NO5S. The maximum absolute atomic E-state index is 13.0. The molecule has 1 aromatic rings. The van der Waals surface area contributed by atoms with E-state index in [-0.39, 0.29) is 17.3 Å². The van der Waals surface area contributed by atoms with Gasteiger partial charge in [0.1, 0.15) is 5.75 Å². The zero-order chi connectivity index (χ0) is 19.9. The van der Waals surface area contributed by atoms with Crippen LogP contribution < -0.4 is 9.46 Å². The van der Waals surface area contributed by atoms with Crippen molar-refractivity contribution >= 4 is 16.0 Å². The van der Waals surface area contributed by atoms with Gasteiger partial charge < -0.3 is 9.47 Å². The van der Waals surface area contributed by atoms with E-state index >= 15 is 0 Å². The van der Waals surface area contributed by atoms with Gasteiger partial charge in [-0.1, -0.05) is 6.58 Å². The van der Waals surface area contributed by atoms with Crippen molar-refractivity contribution in [1.82, 2.24) is 4.72 Å². The number of rotatable bonds is 9. The van der Waals surface area contributed by atoms with E-state index < -0.39 is 16.1 Å². The molecule has 6 nitrogen and oxygen atoms in total. The normalized spacial score (nSPS) is 12.2. The fourth-order valence-electron chi connectivity index (χ4n) is 2.77. The Labute approximate surface area is 155 Å². The number of carbonyl (C=O) groups excluding carboxylic acids is 1. The van der Waals surface area contributed by atoms with Crippen molar-refractivity contribution in [3.05, 3.63) is 41.1 Å². The Morgan fingerprint density at radius 1 is 1.31 bits per heavy atom. The summed E-state index contributed by atoms with van der Waals surface area (Å²) in [6, 6.07) is 1.25. The second-order valence-corrected chi connectivity index (χ2v) is 7.70. The summed E-state index contributed by atoms with van der Waals surface area (Å²) in [7, 11) is -0.922. The molecule has 0 aromatic heterocycles. The van der Waals surface area contributed by atoms with Gasteiger partial charge in [0.25, 0.3) is 0 Å². The summed E-state index contributed by atoms with van der Waals surface area (Å²) in [5.41, 5.74) is 4.64. The molecule has 144 valence electrons. The number of aryl methyl sites for hydroxylation is 1. The van der Waals surface area contributed by atoms with Crippen LogP contribution in [0.5, 0.6) is 5.75 Å². The van der Waals surface area contributed by atoms with Gasteiger partial charge in [-0.2, -0.15) is 0 Å². The molecule has 1 atom stereocenters. The largest absolute Gasteiger partial charge is 0.496 e. The molecule has 0 fully saturated rings. The molecule has 7 heteroatoms. The first kappa shape index (κ1) is 22.0. The standard InChI is InChI=1S/C19H27NO5S/c1-7-8-9-16(10-11-18(21)25-6)20-26(22,23)19-13(2)12-17(24-5)14(3)15(19)4/h8,12,16,20H,1,9-11H2,2-6H3/t16-/m1/s1. The van der Waals surface area contributed by atoms with E-state index in [0.717, 1.165) is 5.56 Å². The Morgan fingerprint density at radius 3 is 2.50 bits per heavy atom. The molecule has 0 aliphatic rings. The Morgan fingerprint density at radius 2 is 1.96 bits per heavy atom. The zero-order valence-electron chi connectivity index (χ0n) is 16.0. The Balaban J connectivity index is 3.20. The van der Waals surface area contributed by atoms with Gasteiger partial charge in [0.15, 0.2) is 0 Å². The number of hydrogen-bond donors (Lipinski definition) is 1. The van der Waals surface area contributed by atoms with E-state index in [1.54, 1.807) is 33.1 Å². The molecule has 1 rings (SSSR count). The molecule has 26 heavy (non-hydrogen) atoms. The molecule has 0 aliphatic heterocycles. The summed E-state index contributed by atoms with van der Waals surface area (Å²) in [5.74, 6) is 0.264. The van der Waals surface area contributed by atoms with Crippen molar-refractivity contribution in [2.45, 2.75) is 51.0 Å². The third kappa shape index (κ3) is 5.46. The van der Waals surface area contributed by atoms with E-state index in [4.69, 9.17) is 4.74 Å². The zero-order valence-corrected chi connectivity index (χ0v) is 16.8. The predicted molar refractivity (Wildman–Crippen MR) is 101 cm³/mol. The summed E-state index contributed by atoms with van der Waals surface area (Å²) >= 11 is 0. The topological polar surface area (TPSA) is 81.7 Å². The van der Waals surface area contributed by atoms with Gasteiger partial charge in [-0.25, -0.2) is 13.1 Å². The molecule has 1 N–H and O–H groups in total. The fraction of sp³-hybridized carbons (Fsp3) is 0.474. The van der Waals surface area contributed by atoms with Crippen LogP contribution in [0.2, 0.25) is 0 Å². The van der Waals surface area contributed by atoms with E-state index in [9.17, 15) is 13.2 Å². The third-order valence-electron chi connectivity index (χ3n) is 4.26. The first-order valence-electron chi connectivity index (χ1n) is 8.26. The summed E-state index contributed by atoms with van der Waals surface area (Å²) in [6.45, 7) is 8.80. The minimum Gasteiger partial charge on any atom is -0.496 e. The lowest BCUT2D eigenvalue weighted by atomic mass is 10.1. The summed E-state index contributed by atoms with van der Waals surface area (Å²) < 4.78 is 38.6. The summed E-state index contributed by atoms with van der Waals surface area (Å²) in [5, 5.41) is 0. The molecule has 0 spiro atoms. The monoisotopic (exact) mass is 381 g/mol. The van der Waals surface area contributed by atoms with Crippen LogP contribution in [-0.4, -0.2) is 34.6 Å². The van der Waals surface area contributed by atoms with E-state index in [1.807, 2.05) is 6.92 Å². The Kier molecular flexibility index (Phi) is 8.08. The lowest BCUT2D eigenvalue weighted by molar-refractivity contribution is -0.140. The lowest BCUT2D eigenvalue weighted by Crippen LogP contribution is -2.36. The number of esters is 1. The molecule has 0 bridgehead atoms. The van der Waals surface area contributed by atoms with E-state index in [1.165, 1.54) is 7.11 Å². The van der Waals surface area contributed by atoms with Gasteiger partial charge >= 0.3 is 5.97 Å². The van der Waals surface area contributed by atoms with Crippen molar-refractivity contribution < 1.29 is 22.7 Å². The molecule has 0 saturated carbocycles. The van der Waals surface area contributed by atoms with Crippen LogP contribution in [0.15, 0.2) is 29.3 Å². The number of sulfonamides is 1. The van der Waals surface area contributed by atoms with E-state index in [0.29, 0.717) is 29.7 Å². The highest BCUT2D eigenvalue weighted by Crippen LogP contribution is 2.30. The quantitative estimate of drug-likeness (QED) is 0.525. The van der Waals surface area contributed by atoms with Gasteiger partial charge in [0, 0.05) is 12.5 Å². The molecular weight excluding hydrogens is 354 g/mol. The minimum atomic E-state index is -3.78. The summed E-state index contributed by atoms with van der Waals surface area (Å²) in [4.78, 5) is 11.6. The number of hydrogen-bond acceptors (Lipinski definition) is 5. The number of methoxy groups -OCH3 is 2. The van der Waals surface area contributed by atoms with Crippen molar-refractivity contribution in [3.8, 4) is 5.75 Å². The predicted octanol–water partition coefficient (Wildman–Crippen LogP) is 2.95. The SMILES string of the molecule is C=C=CC[C@H](CCC(=O)OC)NS(=O)(=O)c1c(C)cc(OC)c(C)c1C. The average Bonchev–Trinajstić information content (AvgIpc) is 2.59. The lowest BCUT2D eigenvalue weighted by Gasteiger charge is -2.20. The van der Waals surface area contributed by atoms with Crippen LogP contribution in [0.25, 0.3) is 0 Å². The molecule has 0 heterocycles. The van der Waals surface area contributed by atoms with Crippen LogP contribution in [0.3, 0.4) is 0 Å². The molecule has 0 unspecified atom stereocenters. The first-order valence-corrected chi connectivity index (χ1v) is 9.74. The number of carbonyl (C=O) groups is 1. The molecule has 0 radical (unpaired) electrons. The van der Waals surface area contributed by atoms with Crippen LogP contribution >= 0.6 is 0 Å². The van der Waals surface area contributed by atoms with Crippen LogP contribution in [-0.2, 0) is 19.6 Å². The van der Waals surface area contributed by atoms with Gasteiger partial charge in [-0.3, -0.25) is 4.79 Å². The van der Waals surface area contributed by atoms with E-state index in [2.05, 4.69) is 21.8 Å². The highest BCUT2D eigenvalue weighted by molar-refractivity contribution is 7.89. The van der Waals surface area contributed by atoms with Crippen LogP contribution in [0.4, 0.5) is 0 Å². The molecule has 0 saturated heterocycles.